The molecule has 1 aliphatic carbocycles. The van der Waals surface area contributed by atoms with Crippen molar-refractivity contribution in [2.75, 3.05) is 23.9 Å². The summed E-state index contributed by atoms with van der Waals surface area (Å²) in [5, 5.41) is 3.63. The summed E-state index contributed by atoms with van der Waals surface area (Å²) in [6.07, 6.45) is 6.14. The summed E-state index contributed by atoms with van der Waals surface area (Å²) < 4.78 is 37.2. The third-order valence-electron chi connectivity index (χ3n) is 6.71. The van der Waals surface area contributed by atoms with E-state index in [2.05, 4.69) is 5.32 Å². The summed E-state index contributed by atoms with van der Waals surface area (Å²) >= 11 is 6.02. The number of hydrogen-bond donors (Lipinski definition) is 1. The highest BCUT2D eigenvalue weighted by molar-refractivity contribution is 7.92. The quantitative estimate of drug-likeness (QED) is 0.511. The van der Waals surface area contributed by atoms with Gasteiger partial charge in [0.15, 0.2) is 11.5 Å². The van der Waals surface area contributed by atoms with E-state index in [0.717, 1.165) is 48.2 Å². The predicted octanol–water partition coefficient (Wildman–Crippen LogP) is 3.70. The van der Waals surface area contributed by atoms with Gasteiger partial charge in [-0.1, -0.05) is 43.0 Å². The van der Waals surface area contributed by atoms with Crippen molar-refractivity contribution < 1.29 is 27.5 Å². The minimum absolute atomic E-state index is 0.0408. The molecule has 1 heterocycles. The maximum atomic E-state index is 13.7. The van der Waals surface area contributed by atoms with E-state index < -0.39 is 28.5 Å². The topological polar surface area (TPSA) is 105 Å². The molecule has 1 atom stereocenters. The second-order valence-corrected chi connectivity index (χ2v) is 11.8. The van der Waals surface area contributed by atoms with E-state index in [1.165, 1.54) is 11.0 Å². The van der Waals surface area contributed by atoms with Crippen molar-refractivity contribution >= 4 is 39.1 Å². The Kier molecular flexibility index (Phi) is 8.49. The van der Waals surface area contributed by atoms with Crippen LogP contribution in [0, 0.1) is 0 Å². The average Bonchev–Trinajstić information content (AvgIpc) is 3.34. The van der Waals surface area contributed by atoms with Gasteiger partial charge in [-0.05, 0) is 49.6 Å². The van der Waals surface area contributed by atoms with Gasteiger partial charge in [0.05, 0.1) is 11.9 Å². The van der Waals surface area contributed by atoms with E-state index in [4.69, 9.17) is 21.1 Å². The number of carbonyl (C=O) groups excluding carboxylic acids is 2. The molecule has 0 unspecified atom stereocenters. The van der Waals surface area contributed by atoms with Gasteiger partial charge in [0.1, 0.15) is 12.6 Å². The third-order valence-corrected chi connectivity index (χ3v) is 8.10. The van der Waals surface area contributed by atoms with Crippen LogP contribution in [0.15, 0.2) is 42.5 Å². The molecule has 2 aliphatic rings. The van der Waals surface area contributed by atoms with E-state index >= 15 is 0 Å². The minimum atomic E-state index is -3.84. The Morgan fingerprint density at radius 2 is 1.73 bits per heavy atom. The van der Waals surface area contributed by atoms with Crippen LogP contribution in [0.1, 0.15) is 44.6 Å². The fourth-order valence-electron chi connectivity index (χ4n) is 4.59. The predicted molar refractivity (Wildman–Crippen MR) is 141 cm³/mol. The monoisotopic (exact) mass is 549 g/mol. The molecule has 4 rings (SSSR count). The van der Waals surface area contributed by atoms with Crippen LogP contribution in [0.5, 0.6) is 11.5 Å². The number of anilines is 1. The number of carbonyl (C=O) groups is 2. The van der Waals surface area contributed by atoms with Crippen LogP contribution in [0.2, 0.25) is 5.02 Å². The van der Waals surface area contributed by atoms with Crippen molar-refractivity contribution in [1.29, 1.82) is 0 Å². The summed E-state index contributed by atoms with van der Waals surface area (Å²) in [7, 11) is -3.84. The van der Waals surface area contributed by atoms with E-state index in [9.17, 15) is 18.0 Å². The van der Waals surface area contributed by atoms with Gasteiger partial charge in [0.2, 0.25) is 28.6 Å². The highest BCUT2D eigenvalue weighted by Gasteiger charge is 2.31. The van der Waals surface area contributed by atoms with Crippen molar-refractivity contribution in [2.45, 2.75) is 57.7 Å². The Hall–Kier alpha value is -2.98. The number of halogens is 1. The first-order valence-corrected chi connectivity index (χ1v) is 14.6. The Morgan fingerprint density at radius 3 is 2.41 bits per heavy atom. The molecule has 0 saturated heterocycles. The highest BCUT2D eigenvalue weighted by atomic mass is 35.5. The van der Waals surface area contributed by atoms with E-state index in [-0.39, 0.29) is 31.0 Å². The van der Waals surface area contributed by atoms with Crippen LogP contribution in [-0.2, 0) is 26.2 Å². The number of rotatable bonds is 9. The molecule has 1 aliphatic heterocycles. The molecular weight excluding hydrogens is 518 g/mol. The average molecular weight is 550 g/mol. The fraction of sp³-hybridized carbons (Fsp3) is 0.462. The van der Waals surface area contributed by atoms with Gasteiger partial charge in [-0.3, -0.25) is 13.9 Å². The fourth-order valence-corrected chi connectivity index (χ4v) is 5.56. The zero-order valence-electron chi connectivity index (χ0n) is 21.0. The van der Waals surface area contributed by atoms with Gasteiger partial charge >= 0.3 is 0 Å². The largest absolute Gasteiger partial charge is 0.454 e. The lowest BCUT2D eigenvalue weighted by atomic mass is 9.95. The maximum absolute atomic E-state index is 13.7. The van der Waals surface area contributed by atoms with Crippen molar-refractivity contribution in [3.8, 4) is 11.5 Å². The van der Waals surface area contributed by atoms with E-state index in [1.54, 1.807) is 43.3 Å². The molecule has 1 N–H and O–H groups in total. The Bertz CT molecular complexity index is 1230. The summed E-state index contributed by atoms with van der Waals surface area (Å²) in [5.74, 6) is 0.130. The lowest BCUT2D eigenvalue weighted by Crippen LogP contribution is -2.52. The van der Waals surface area contributed by atoms with Crippen LogP contribution in [0.25, 0.3) is 0 Å². The van der Waals surface area contributed by atoms with E-state index in [1.807, 2.05) is 0 Å². The summed E-state index contributed by atoms with van der Waals surface area (Å²) in [6, 6.07) is 10.9. The van der Waals surface area contributed by atoms with Gasteiger partial charge in [0, 0.05) is 23.7 Å². The van der Waals surface area contributed by atoms with E-state index in [0.29, 0.717) is 16.5 Å². The van der Waals surface area contributed by atoms with Gasteiger partial charge in [-0.2, -0.15) is 0 Å². The number of benzene rings is 2. The number of ether oxygens (including phenoxy) is 2. The Morgan fingerprint density at radius 1 is 1.05 bits per heavy atom. The maximum Gasteiger partial charge on any atom is 0.244 e. The van der Waals surface area contributed by atoms with Gasteiger partial charge in [-0.25, -0.2) is 8.42 Å². The number of fused-ring (bicyclic) bond motifs is 1. The lowest BCUT2D eigenvalue weighted by Gasteiger charge is -2.33. The number of hydrogen-bond acceptors (Lipinski definition) is 6. The Balaban J connectivity index is 1.58. The molecule has 9 nitrogen and oxygen atoms in total. The molecule has 2 aromatic rings. The molecule has 2 aromatic carbocycles. The smallest absolute Gasteiger partial charge is 0.244 e. The molecule has 1 saturated carbocycles. The Labute approximate surface area is 222 Å². The zero-order valence-corrected chi connectivity index (χ0v) is 22.6. The molecule has 200 valence electrons. The summed E-state index contributed by atoms with van der Waals surface area (Å²) in [4.78, 5) is 28.3. The molecule has 37 heavy (non-hydrogen) atoms. The van der Waals surface area contributed by atoms with Crippen LogP contribution < -0.4 is 19.1 Å². The van der Waals surface area contributed by atoms with Crippen LogP contribution in [-0.4, -0.2) is 56.8 Å². The molecule has 0 spiro atoms. The first kappa shape index (κ1) is 27.1. The number of nitrogens with zero attached hydrogens (tertiary/aromatic N) is 2. The van der Waals surface area contributed by atoms with Crippen molar-refractivity contribution in [2.24, 2.45) is 0 Å². The van der Waals surface area contributed by atoms with Crippen LogP contribution >= 0.6 is 11.6 Å². The molecule has 2 amide bonds. The highest BCUT2D eigenvalue weighted by Crippen LogP contribution is 2.36. The van der Waals surface area contributed by atoms with Crippen LogP contribution in [0.3, 0.4) is 0 Å². The standard InChI is InChI=1S/C26H32ClN3O6S/c1-18(26(32)28-21-6-4-3-5-7-21)29(15-19-8-10-20(27)11-9-19)25(31)16-30(37(2,33)34)22-12-13-23-24(14-22)36-17-35-23/h8-14,18,21H,3-7,15-17H2,1-2H3,(H,28,32)/t18-/m0/s1. The molecule has 0 bridgehead atoms. The minimum Gasteiger partial charge on any atom is -0.454 e. The SMILES string of the molecule is C[C@@H](C(=O)NC1CCCCC1)N(Cc1ccc(Cl)cc1)C(=O)CN(c1ccc2c(c1)OCO2)S(C)(=O)=O. The normalized spacial score (nSPS) is 16.2. The van der Waals surface area contributed by atoms with Crippen LogP contribution in [0.4, 0.5) is 5.69 Å². The molecule has 0 radical (unpaired) electrons. The summed E-state index contributed by atoms with van der Waals surface area (Å²) in [5.41, 5.74) is 1.04. The second-order valence-electron chi connectivity index (χ2n) is 9.47. The lowest BCUT2D eigenvalue weighted by molar-refractivity contribution is -0.139. The van der Waals surface area contributed by atoms with Crippen molar-refractivity contribution in [3.63, 3.8) is 0 Å². The van der Waals surface area contributed by atoms with Gasteiger partial charge in [0.25, 0.3) is 0 Å². The number of nitrogens with one attached hydrogen (secondary N) is 1. The molecule has 11 heteroatoms. The molecular formula is C26H32ClN3O6S. The van der Waals surface area contributed by atoms with Crippen molar-refractivity contribution in [3.05, 3.63) is 53.1 Å². The third kappa shape index (κ3) is 6.87. The molecule has 0 aromatic heterocycles. The first-order chi connectivity index (χ1) is 17.6. The zero-order chi connectivity index (χ0) is 26.6. The number of amides is 2. The van der Waals surface area contributed by atoms with Gasteiger partial charge < -0.3 is 19.7 Å². The first-order valence-electron chi connectivity index (χ1n) is 12.3. The number of sulfonamides is 1. The van der Waals surface area contributed by atoms with Crippen molar-refractivity contribution in [1.82, 2.24) is 10.2 Å². The molecule has 1 fully saturated rings. The summed E-state index contributed by atoms with van der Waals surface area (Å²) in [6.45, 7) is 1.34. The second kappa shape index (κ2) is 11.6. The van der Waals surface area contributed by atoms with Gasteiger partial charge in [-0.15, -0.1) is 0 Å².